The lowest BCUT2D eigenvalue weighted by Crippen LogP contribution is -2.20. The Balaban J connectivity index is 1.08. The molecule has 0 bridgehead atoms. The van der Waals surface area contributed by atoms with E-state index in [9.17, 15) is 4.79 Å². The average molecular weight is 556 g/mol. The van der Waals surface area contributed by atoms with Gasteiger partial charge in [-0.2, -0.15) is 4.98 Å². The van der Waals surface area contributed by atoms with E-state index in [1.165, 1.54) is 32.1 Å². The van der Waals surface area contributed by atoms with E-state index in [0.29, 0.717) is 40.5 Å². The first-order valence-corrected chi connectivity index (χ1v) is 13.9. The van der Waals surface area contributed by atoms with Gasteiger partial charge in [-0.25, -0.2) is 4.79 Å². The molecule has 212 valence electrons. The second kappa shape index (κ2) is 14.2. The van der Waals surface area contributed by atoms with E-state index >= 15 is 0 Å². The molecule has 0 spiro atoms. The number of para-hydroxylation sites is 1. The van der Waals surface area contributed by atoms with Crippen molar-refractivity contribution in [2.45, 2.75) is 44.9 Å². The van der Waals surface area contributed by atoms with Crippen molar-refractivity contribution < 1.29 is 23.6 Å². The summed E-state index contributed by atoms with van der Waals surface area (Å²) in [7, 11) is 1.75. The maximum Gasteiger partial charge on any atom is 0.365 e. The van der Waals surface area contributed by atoms with E-state index in [2.05, 4.69) is 20.5 Å². The molecule has 10 heteroatoms. The van der Waals surface area contributed by atoms with Gasteiger partial charge in [0.1, 0.15) is 16.8 Å². The Morgan fingerprint density at radius 3 is 2.24 bits per heavy atom. The Morgan fingerprint density at radius 1 is 0.805 bits per heavy atom. The third kappa shape index (κ3) is 7.55. The van der Waals surface area contributed by atoms with Crippen LogP contribution in [0.2, 0.25) is 0 Å². The van der Waals surface area contributed by atoms with Crippen LogP contribution in [0.25, 0.3) is 33.9 Å². The topological polar surface area (TPSA) is 114 Å². The molecule has 0 aliphatic carbocycles. The summed E-state index contributed by atoms with van der Waals surface area (Å²) in [5.74, 6) is 1.08. The second-order valence-corrected chi connectivity index (χ2v) is 9.67. The molecular formula is C31H33N5O5. The van der Waals surface area contributed by atoms with Crippen LogP contribution in [0.4, 0.5) is 0 Å². The average Bonchev–Trinajstić information content (AvgIpc) is 3.67. The van der Waals surface area contributed by atoms with Gasteiger partial charge in [0.05, 0.1) is 12.2 Å². The molecule has 3 aromatic carbocycles. The zero-order chi connectivity index (χ0) is 28.3. The quantitative estimate of drug-likeness (QED) is 0.110. The number of carbonyl (C=O) groups excluding carboxylic acids is 1. The molecule has 0 N–H and O–H groups in total. The minimum absolute atomic E-state index is 0.352. The van der Waals surface area contributed by atoms with Gasteiger partial charge < -0.3 is 18.8 Å². The number of hydrogen-bond donors (Lipinski definition) is 0. The fourth-order valence-corrected chi connectivity index (χ4v) is 4.38. The summed E-state index contributed by atoms with van der Waals surface area (Å²) >= 11 is 0. The molecule has 5 aromatic rings. The Hall–Kier alpha value is -4.57. The smallest absolute Gasteiger partial charge is 0.365 e. The number of unbranched alkanes of at least 4 members (excludes halogenated alkanes) is 6. The van der Waals surface area contributed by atoms with Gasteiger partial charge in [-0.15, -0.1) is 5.10 Å². The number of benzene rings is 3. The minimum atomic E-state index is -0.558. The van der Waals surface area contributed by atoms with Crippen LogP contribution < -0.4 is 9.57 Å². The molecule has 0 atom stereocenters. The molecule has 41 heavy (non-hydrogen) atoms. The SMILES string of the molecule is COCCCCCCCCCOc1ccc(-c2nc(-c3ccc(C(=O)On4nnc5ccccc54)cc3)no2)cc1. The van der Waals surface area contributed by atoms with E-state index in [1.54, 1.807) is 43.5 Å². The van der Waals surface area contributed by atoms with Gasteiger partial charge in [-0.1, -0.05) is 66.4 Å². The lowest BCUT2D eigenvalue weighted by atomic mass is 10.1. The summed E-state index contributed by atoms with van der Waals surface area (Å²) < 4.78 is 16.4. The van der Waals surface area contributed by atoms with Crippen molar-refractivity contribution in [1.29, 1.82) is 0 Å². The molecule has 0 aliphatic rings. The van der Waals surface area contributed by atoms with Crippen LogP contribution in [0.15, 0.2) is 77.3 Å². The van der Waals surface area contributed by atoms with E-state index in [0.717, 1.165) is 35.6 Å². The van der Waals surface area contributed by atoms with E-state index < -0.39 is 5.97 Å². The number of carbonyl (C=O) groups is 1. The van der Waals surface area contributed by atoms with Crippen molar-refractivity contribution in [2.75, 3.05) is 20.3 Å². The number of nitrogens with zero attached hydrogens (tertiary/aromatic N) is 5. The fourth-order valence-electron chi connectivity index (χ4n) is 4.38. The van der Waals surface area contributed by atoms with Crippen molar-refractivity contribution in [3.63, 3.8) is 0 Å². The predicted molar refractivity (Wildman–Crippen MR) is 153 cm³/mol. The second-order valence-electron chi connectivity index (χ2n) is 9.67. The van der Waals surface area contributed by atoms with Gasteiger partial charge in [-0.3, -0.25) is 0 Å². The van der Waals surface area contributed by atoms with Gasteiger partial charge in [0.2, 0.25) is 5.82 Å². The number of ether oxygens (including phenoxy) is 2. The molecule has 0 saturated heterocycles. The zero-order valence-electron chi connectivity index (χ0n) is 23.1. The first kappa shape index (κ1) is 28.0. The fraction of sp³-hybridized carbons (Fsp3) is 0.323. The summed E-state index contributed by atoms with van der Waals surface area (Å²) in [6, 6.07) is 21.6. The first-order valence-electron chi connectivity index (χ1n) is 13.9. The molecule has 2 heterocycles. The number of hydrogen-bond acceptors (Lipinski definition) is 9. The lowest BCUT2D eigenvalue weighted by molar-refractivity contribution is 0.0409. The highest BCUT2D eigenvalue weighted by Crippen LogP contribution is 2.25. The summed E-state index contributed by atoms with van der Waals surface area (Å²) in [5.41, 5.74) is 3.09. The molecule has 2 aromatic heterocycles. The van der Waals surface area contributed by atoms with Gasteiger partial charge in [-0.05, 0) is 66.6 Å². The van der Waals surface area contributed by atoms with Crippen LogP contribution in [0.3, 0.4) is 0 Å². The van der Waals surface area contributed by atoms with Crippen LogP contribution >= 0.6 is 0 Å². The molecule has 0 aliphatic heterocycles. The van der Waals surface area contributed by atoms with Gasteiger partial charge in [0, 0.05) is 24.8 Å². The Labute approximate surface area is 238 Å². The first-order chi connectivity index (χ1) is 20.2. The third-order valence-electron chi connectivity index (χ3n) is 6.66. The summed E-state index contributed by atoms with van der Waals surface area (Å²) in [6.07, 6.45) is 8.38. The number of fused-ring (bicyclic) bond motifs is 1. The van der Waals surface area contributed by atoms with Crippen molar-refractivity contribution in [3.8, 4) is 28.6 Å². The maximum atomic E-state index is 12.6. The Kier molecular flexibility index (Phi) is 9.67. The number of aromatic nitrogens is 5. The predicted octanol–water partition coefficient (Wildman–Crippen LogP) is 6.17. The summed E-state index contributed by atoms with van der Waals surface area (Å²) in [4.78, 5) is 23.6. The van der Waals surface area contributed by atoms with Crippen LogP contribution in [-0.4, -0.2) is 51.6 Å². The van der Waals surface area contributed by atoms with Crippen LogP contribution in [0.1, 0.15) is 55.3 Å². The monoisotopic (exact) mass is 555 g/mol. The molecule has 10 nitrogen and oxygen atoms in total. The molecular weight excluding hydrogens is 522 g/mol. The molecule has 0 saturated carbocycles. The molecule has 5 rings (SSSR count). The van der Waals surface area contributed by atoms with Crippen LogP contribution in [-0.2, 0) is 4.74 Å². The van der Waals surface area contributed by atoms with Crippen LogP contribution in [0.5, 0.6) is 5.75 Å². The normalized spacial score (nSPS) is 11.1. The van der Waals surface area contributed by atoms with Gasteiger partial charge in [0.25, 0.3) is 5.89 Å². The summed E-state index contributed by atoms with van der Waals surface area (Å²) in [6.45, 7) is 1.56. The third-order valence-corrected chi connectivity index (χ3v) is 6.66. The van der Waals surface area contributed by atoms with E-state index in [1.807, 2.05) is 36.4 Å². The molecule has 0 unspecified atom stereocenters. The lowest BCUT2D eigenvalue weighted by Gasteiger charge is -2.06. The zero-order valence-corrected chi connectivity index (χ0v) is 23.1. The highest BCUT2D eigenvalue weighted by molar-refractivity contribution is 5.90. The van der Waals surface area contributed by atoms with Gasteiger partial charge in [0.15, 0.2) is 0 Å². The highest BCUT2D eigenvalue weighted by Gasteiger charge is 2.15. The Bertz CT molecular complexity index is 1530. The van der Waals surface area contributed by atoms with E-state index in [-0.39, 0.29) is 0 Å². The Morgan fingerprint density at radius 2 is 1.49 bits per heavy atom. The van der Waals surface area contributed by atoms with Crippen LogP contribution in [0, 0.1) is 0 Å². The molecule has 0 radical (unpaired) electrons. The summed E-state index contributed by atoms with van der Waals surface area (Å²) in [5, 5.41) is 12.0. The standard InChI is InChI=1S/C31H33N5O5/c1-38-21-9-5-3-2-4-6-10-22-39-26-19-17-24(18-20-26)30-32-29(34-40-30)23-13-15-25(16-14-23)31(37)41-36-28-12-8-7-11-27(28)33-35-36/h7-8,11-20H,2-6,9-10,21-22H2,1H3. The maximum absolute atomic E-state index is 12.6. The minimum Gasteiger partial charge on any atom is -0.494 e. The van der Waals surface area contributed by atoms with Crippen molar-refractivity contribution in [2.24, 2.45) is 0 Å². The number of rotatable bonds is 15. The van der Waals surface area contributed by atoms with Crippen molar-refractivity contribution in [3.05, 3.63) is 78.4 Å². The van der Waals surface area contributed by atoms with E-state index in [4.69, 9.17) is 18.8 Å². The largest absolute Gasteiger partial charge is 0.494 e. The van der Waals surface area contributed by atoms with Crippen molar-refractivity contribution in [1.82, 2.24) is 25.3 Å². The van der Waals surface area contributed by atoms with Crippen molar-refractivity contribution >= 4 is 17.0 Å². The van der Waals surface area contributed by atoms with Gasteiger partial charge >= 0.3 is 5.97 Å². The number of methoxy groups -OCH3 is 1. The molecule has 0 amide bonds. The molecule has 0 fully saturated rings. The highest BCUT2D eigenvalue weighted by atomic mass is 16.7.